The van der Waals surface area contributed by atoms with Gasteiger partial charge < -0.3 is 20.1 Å². The monoisotopic (exact) mass is 296 g/mol. The van der Waals surface area contributed by atoms with Crippen molar-refractivity contribution >= 4 is 23.1 Å². The zero-order valence-corrected chi connectivity index (χ0v) is 13.0. The van der Waals surface area contributed by atoms with Gasteiger partial charge in [-0.05, 0) is 24.6 Å². The molecule has 0 aliphatic rings. The molecule has 0 aliphatic carbocycles. The number of carbonyl (C=O) groups excluding carboxylic acids is 1. The summed E-state index contributed by atoms with van der Waals surface area (Å²) >= 11 is 4.90. The van der Waals surface area contributed by atoms with Gasteiger partial charge in [-0.15, -0.1) is 0 Å². The summed E-state index contributed by atoms with van der Waals surface area (Å²) < 4.78 is 10.4. The van der Waals surface area contributed by atoms with Crippen LogP contribution in [0, 0.1) is 0 Å². The van der Waals surface area contributed by atoms with Crippen molar-refractivity contribution in [1.29, 1.82) is 0 Å². The van der Waals surface area contributed by atoms with E-state index in [2.05, 4.69) is 0 Å². The highest BCUT2D eigenvalue weighted by molar-refractivity contribution is 7.80. The number of methoxy groups -OCH3 is 2. The average Bonchev–Trinajstić information content (AvgIpc) is 2.45. The summed E-state index contributed by atoms with van der Waals surface area (Å²) in [6, 6.07) is 5.13. The molecule has 1 aromatic rings. The number of amides is 1. The molecule has 1 rings (SSSR count). The average molecular weight is 296 g/mol. The summed E-state index contributed by atoms with van der Waals surface area (Å²) in [4.78, 5) is 14.0. The van der Waals surface area contributed by atoms with Crippen LogP contribution in [0.2, 0.25) is 0 Å². The summed E-state index contributed by atoms with van der Waals surface area (Å²) in [5.41, 5.74) is 6.39. The highest BCUT2D eigenvalue weighted by Gasteiger charge is 2.18. The first-order valence-corrected chi connectivity index (χ1v) is 6.57. The zero-order chi connectivity index (χ0) is 15.3. The Morgan fingerprint density at radius 3 is 2.45 bits per heavy atom. The molecule has 1 unspecified atom stereocenters. The third-order valence-electron chi connectivity index (χ3n) is 3.19. The molecule has 6 heteroatoms. The maximum absolute atomic E-state index is 12.2. The zero-order valence-electron chi connectivity index (χ0n) is 12.2. The van der Waals surface area contributed by atoms with E-state index >= 15 is 0 Å². The van der Waals surface area contributed by atoms with Crippen molar-refractivity contribution < 1.29 is 14.3 Å². The van der Waals surface area contributed by atoms with E-state index in [-0.39, 0.29) is 18.4 Å². The molecule has 0 radical (unpaired) electrons. The van der Waals surface area contributed by atoms with Crippen LogP contribution >= 0.6 is 12.2 Å². The number of nitrogens with zero attached hydrogens (tertiary/aromatic N) is 1. The molecule has 0 spiro atoms. The second-order valence-electron chi connectivity index (χ2n) is 4.45. The van der Waals surface area contributed by atoms with Crippen LogP contribution in [0.15, 0.2) is 18.2 Å². The van der Waals surface area contributed by atoms with E-state index in [1.807, 2.05) is 6.07 Å². The van der Waals surface area contributed by atoms with Gasteiger partial charge in [0.25, 0.3) is 0 Å². The minimum absolute atomic E-state index is 0.0579. The molecular formula is C14H20N2O3S. The first-order valence-electron chi connectivity index (χ1n) is 6.16. The van der Waals surface area contributed by atoms with Crippen molar-refractivity contribution in [3.63, 3.8) is 0 Å². The molecule has 1 amide bonds. The van der Waals surface area contributed by atoms with Crippen LogP contribution in [0.1, 0.15) is 12.5 Å². The third-order valence-corrected chi connectivity index (χ3v) is 3.53. The van der Waals surface area contributed by atoms with Crippen molar-refractivity contribution in [1.82, 2.24) is 4.90 Å². The van der Waals surface area contributed by atoms with Gasteiger partial charge in [0.15, 0.2) is 11.5 Å². The maximum Gasteiger partial charge on any atom is 0.227 e. The van der Waals surface area contributed by atoms with Crippen molar-refractivity contribution in [3.8, 4) is 11.5 Å². The van der Waals surface area contributed by atoms with Crippen molar-refractivity contribution in [2.45, 2.75) is 19.4 Å². The lowest BCUT2D eigenvalue weighted by molar-refractivity contribution is -0.129. The minimum atomic E-state index is -0.266. The van der Waals surface area contributed by atoms with E-state index in [0.29, 0.717) is 16.5 Å². The number of ether oxygens (including phenoxy) is 2. The van der Waals surface area contributed by atoms with Gasteiger partial charge in [-0.1, -0.05) is 18.3 Å². The second kappa shape index (κ2) is 7.09. The number of benzene rings is 1. The Morgan fingerprint density at radius 2 is 1.95 bits per heavy atom. The molecule has 0 saturated carbocycles. The normalized spacial score (nSPS) is 11.6. The first-order chi connectivity index (χ1) is 9.40. The lowest BCUT2D eigenvalue weighted by atomic mass is 10.1. The molecule has 0 saturated heterocycles. The Morgan fingerprint density at radius 1 is 1.35 bits per heavy atom. The van der Waals surface area contributed by atoms with Gasteiger partial charge in [0.1, 0.15) is 0 Å². The fraction of sp³-hybridized carbons (Fsp3) is 0.429. The van der Waals surface area contributed by atoms with E-state index in [1.54, 1.807) is 45.2 Å². The minimum Gasteiger partial charge on any atom is -0.493 e. The molecule has 110 valence electrons. The lowest BCUT2D eigenvalue weighted by Gasteiger charge is -2.24. The Balaban J connectivity index is 2.83. The Bertz CT molecular complexity index is 505. The molecule has 2 N–H and O–H groups in total. The van der Waals surface area contributed by atoms with Gasteiger partial charge in [-0.25, -0.2) is 0 Å². The Kier molecular flexibility index (Phi) is 5.76. The molecule has 0 bridgehead atoms. The van der Waals surface area contributed by atoms with E-state index in [4.69, 9.17) is 27.4 Å². The number of hydrogen-bond donors (Lipinski definition) is 1. The van der Waals surface area contributed by atoms with Gasteiger partial charge in [0, 0.05) is 7.05 Å². The Hall–Kier alpha value is -1.82. The van der Waals surface area contributed by atoms with Crippen LogP contribution in [-0.2, 0) is 11.2 Å². The van der Waals surface area contributed by atoms with E-state index in [1.165, 1.54) is 0 Å². The van der Waals surface area contributed by atoms with Crippen LogP contribution in [-0.4, -0.2) is 43.1 Å². The number of hydrogen-bond acceptors (Lipinski definition) is 4. The van der Waals surface area contributed by atoms with Gasteiger partial charge in [-0.3, -0.25) is 4.79 Å². The predicted octanol–water partition coefficient (Wildman–Crippen LogP) is 1.38. The summed E-state index contributed by atoms with van der Waals surface area (Å²) in [6.07, 6.45) is 0.254. The second-order valence-corrected chi connectivity index (χ2v) is 4.92. The van der Waals surface area contributed by atoms with Crippen LogP contribution in [0.4, 0.5) is 0 Å². The largest absolute Gasteiger partial charge is 0.493 e. The van der Waals surface area contributed by atoms with E-state index < -0.39 is 0 Å². The van der Waals surface area contributed by atoms with Crippen molar-refractivity contribution in [2.24, 2.45) is 5.73 Å². The van der Waals surface area contributed by atoms with E-state index in [9.17, 15) is 4.79 Å². The lowest BCUT2D eigenvalue weighted by Crippen LogP contribution is -2.43. The molecule has 1 aromatic carbocycles. The van der Waals surface area contributed by atoms with Crippen LogP contribution in [0.25, 0.3) is 0 Å². The standard InChI is InChI=1S/C14H20N2O3S/c1-9(14(15)20)16(2)13(17)8-10-5-6-11(18-3)12(7-10)19-4/h5-7,9H,8H2,1-4H3,(H2,15,20). The van der Waals surface area contributed by atoms with Crippen LogP contribution in [0.3, 0.4) is 0 Å². The molecule has 20 heavy (non-hydrogen) atoms. The number of carbonyl (C=O) groups is 1. The fourth-order valence-electron chi connectivity index (χ4n) is 1.70. The molecule has 0 aromatic heterocycles. The van der Waals surface area contributed by atoms with Crippen molar-refractivity contribution in [3.05, 3.63) is 23.8 Å². The van der Waals surface area contributed by atoms with Crippen LogP contribution < -0.4 is 15.2 Å². The summed E-state index contributed by atoms with van der Waals surface area (Å²) in [7, 11) is 4.82. The summed E-state index contributed by atoms with van der Waals surface area (Å²) in [5.74, 6) is 1.17. The van der Waals surface area contributed by atoms with Crippen molar-refractivity contribution in [2.75, 3.05) is 21.3 Å². The van der Waals surface area contributed by atoms with E-state index in [0.717, 1.165) is 5.56 Å². The number of nitrogens with two attached hydrogens (primary N) is 1. The topological polar surface area (TPSA) is 64.8 Å². The fourth-order valence-corrected chi connectivity index (χ4v) is 1.85. The molecule has 1 atom stereocenters. The summed E-state index contributed by atoms with van der Waals surface area (Å²) in [5, 5.41) is 0. The van der Waals surface area contributed by atoms with Gasteiger partial charge in [0.2, 0.25) is 5.91 Å². The smallest absolute Gasteiger partial charge is 0.227 e. The molecule has 0 heterocycles. The molecule has 0 fully saturated rings. The van der Waals surface area contributed by atoms with Gasteiger partial charge in [-0.2, -0.15) is 0 Å². The molecular weight excluding hydrogens is 276 g/mol. The molecule has 0 aliphatic heterocycles. The molecule has 5 nitrogen and oxygen atoms in total. The number of rotatable bonds is 6. The highest BCUT2D eigenvalue weighted by atomic mass is 32.1. The Labute approximate surface area is 124 Å². The highest BCUT2D eigenvalue weighted by Crippen LogP contribution is 2.27. The predicted molar refractivity (Wildman–Crippen MR) is 82.3 cm³/mol. The van der Waals surface area contributed by atoms with Crippen LogP contribution in [0.5, 0.6) is 11.5 Å². The van der Waals surface area contributed by atoms with Gasteiger partial charge in [0.05, 0.1) is 31.7 Å². The number of thiocarbonyl (C=S) groups is 1. The summed E-state index contributed by atoms with van der Waals surface area (Å²) in [6.45, 7) is 1.80. The quantitative estimate of drug-likeness (QED) is 0.803. The number of likely N-dealkylation sites (N-methyl/N-ethyl adjacent to an activating group) is 1. The van der Waals surface area contributed by atoms with Gasteiger partial charge >= 0.3 is 0 Å². The SMILES string of the molecule is COc1ccc(CC(=O)N(C)C(C)C(N)=S)cc1OC. The first kappa shape index (κ1) is 16.2. The third kappa shape index (κ3) is 3.84. The maximum atomic E-state index is 12.2.